The predicted octanol–water partition coefficient (Wildman–Crippen LogP) is 3.94. The van der Waals surface area contributed by atoms with Crippen molar-refractivity contribution in [3.05, 3.63) is 58.6 Å². The summed E-state index contributed by atoms with van der Waals surface area (Å²) < 4.78 is 15.9. The van der Waals surface area contributed by atoms with Crippen molar-refractivity contribution in [2.75, 3.05) is 6.26 Å². The average Bonchev–Trinajstić information content (AvgIpc) is 2.91. The van der Waals surface area contributed by atoms with Gasteiger partial charge in [-0.1, -0.05) is 29.4 Å². The Kier molecular flexibility index (Phi) is 4.84. The Morgan fingerprint density at radius 1 is 1.38 bits per heavy atom. The molecule has 0 unspecified atom stereocenters. The van der Waals surface area contributed by atoms with Gasteiger partial charge >= 0.3 is 0 Å². The summed E-state index contributed by atoms with van der Waals surface area (Å²) in [4.78, 5) is 18.1. The van der Waals surface area contributed by atoms with Crippen molar-refractivity contribution in [2.24, 2.45) is 4.99 Å². The van der Waals surface area contributed by atoms with Gasteiger partial charge < -0.3 is 4.57 Å². The van der Waals surface area contributed by atoms with E-state index >= 15 is 0 Å². The fraction of sp³-hybridized carbons (Fsp3) is 0.111. The molecule has 120 valence electrons. The van der Waals surface area contributed by atoms with Gasteiger partial charge in [-0.05, 0) is 36.6 Å². The molecule has 0 aliphatic carbocycles. The Balaban J connectivity index is 2.17. The standard InChI is InChI=1S/C18H13FN2OS2/c1-3-10-21-14-9-8-12(19)11-16(14)24-18(21)20-17(22)13-6-4-5-7-15(13)23-2/h1,4-9,11H,10H2,2H3. The van der Waals surface area contributed by atoms with E-state index in [1.54, 1.807) is 22.8 Å². The van der Waals surface area contributed by atoms with Crippen LogP contribution in [0.25, 0.3) is 10.2 Å². The van der Waals surface area contributed by atoms with Gasteiger partial charge in [0.05, 0.1) is 22.3 Å². The zero-order valence-corrected chi connectivity index (χ0v) is 14.5. The molecule has 0 aliphatic heterocycles. The summed E-state index contributed by atoms with van der Waals surface area (Å²) in [5.74, 6) is 1.89. The summed E-state index contributed by atoms with van der Waals surface area (Å²) in [6.07, 6.45) is 7.34. The average molecular weight is 356 g/mol. The van der Waals surface area contributed by atoms with Crippen molar-refractivity contribution < 1.29 is 9.18 Å². The second-order valence-corrected chi connectivity index (χ2v) is 6.76. The van der Waals surface area contributed by atoms with E-state index in [1.165, 1.54) is 35.2 Å². The van der Waals surface area contributed by atoms with Gasteiger partial charge in [0.15, 0.2) is 4.80 Å². The maximum atomic E-state index is 13.4. The van der Waals surface area contributed by atoms with Crippen LogP contribution in [0.5, 0.6) is 0 Å². The van der Waals surface area contributed by atoms with E-state index in [9.17, 15) is 9.18 Å². The quantitative estimate of drug-likeness (QED) is 0.526. The molecule has 1 aromatic heterocycles. The molecule has 0 atom stereocenters. The van der Waals surface area contributed by atoms with Crippen LogP contribution in [0.4, 0.5) is 4.39 Å². The van der Waals surface area contributed by atoms with Crippen molar-refractivity contribution in [3.63, 3.8) is 0 Å². The van der Waals surface area contributed by atoms with Crippen LogP contribution in [0.2, 0.25) is 0 Å². The SMILES string of the molecule is C#CCn1c(=NC(=O)c2ccccc2SC)sc2cc(F)ccc21. The lowest BCUT2D eigenvalue weighted by atomic mass is 10.2. The van der Waals surface area contributed by atoms with Crippen LogP contribution in [0.1, 0.15) is 10.4 Å². The highest BCUT2D eigenvalue weighted by atomic mass is 32.2. The highest BCUT2D eigenvalue weighted by molar-refractivity contribution is 7.98. The van der Waals surface area contributed by atoms with Gasteiger partial charge in [-0.3, -0.25) is 4.79 Å². The molecule has 3 rings (SSSR count). The van der Waals surface area contributed by atoms with E-state index in [2.05, 4.69) is 10.9 Å². The molecule has 0 radical (unpaired) electrons. The van der Waals surface area contributed by atoms with Gasteiger partial charge in [0, 0.05) is 4.90 Å². The monoisotopic (exact) mass is 356 g/mol. The number of carbonyl (C=O) groups excluding carboxylic acids is 1. The molecule has 3 aromatic rings. The van der Waals surface area contributed by atoms with Crippen LogP contribution >= 0.6 is 23.1 Å². The van der Waals surface area contributed by atoms with Crippen LogP contribution in [0.3, 0.4) is 0 Å². The van der Waals surface area contributed by atoms with E-state index < -0.39 is 0 Å². The lowest BCUT2D eigenvalue weighted by molar-refractivity contribution is 0.0995. The minimum atomic E-state index is -0.335. The van der Waals surface area contributed by atoms with E-state index in [0.29, 0.717) is 15.1 Å². The first kappa shape index (κ1) is 16.5. The molecule has 0 saturated heterocycles. The number of fused-ring (bicyclic) bond motifs is 1. The first-order valence-corrected chi connectivity index (χ1v) is 9.12. The third kappa shape index (κ3) is 3.14. The number of nitrogens with zero attached hydrogens (tertiary/aromatic N) is 2. The molecule has 1 amide bonds. The summed E-state index contributed by atoms with van der Waals surface area (Å²) in [6.45, 7) is 0.266. The van der Waals surface area contributed by atoms with Gasteiger partial charge in [-0.2, -0.15) is 4.99 Å². The lowest BCUT2D eigenvalue weighted by Gasteiger charge is -2.02. The number of thioether (sulfide) groups is 1. The Hall–Kier alpha value is -2.36. The molecule has 0 saturated carbocycles. The molecule has 1 heterocycles. The molecule has 0 aliphatic rings. The van der Waals surface area contributed by atoms with Crippen molar-refractivity contribution in [3.8, 4) is 12.3 Å². The smallest absolute Gasteiger partial charge is 0.280 e. The van der Waals surface area contributed by atoms with Crippen LogP contribution in [-0.2, 0) is 6.54 Å². The molecule has 0 spiro atoms. The number of halogens is 1. The number of benzene rings is 2. The lowest BCUT2D eigenvalue weighted by Crippen LogP contribution is -2.16. The summed E-state index contributed by atoms with van der Waals surface area (Å²) in [6, 6.07) is 11.8. The number of hydrogen-bond donors (Lipinski definition) is 0. The second kappa shape index (κ2) is 7.04. The third-order valence-corrected chi connectivity index (χ3v) is 5.27. The number of thiazole rings is 1. The highest BCUT2D eigenvalue weighted by Gasteiger charge is 2.12. The fourth-order valence-corrected chi connectivity index (χ4v) is 3.99. The Labute approximate surface area is 146 Å². The molecule has 6 heteroatoms. The summed E-state index contributed by atoms with van der Waals surface area (Å²) in [7, 11) is 0. The number of aromatic nitrogens is 1. The zero-order valence-electron chi connectivity index (χ0n) is 12.8. The van der Waals surface area contributed by atoms with Gasteiger partial charge in [-0.25, -0.2) is 4.39 Å². The molecule has 2 aromatic carbocycles. The van der Waals surface area contributed by atoms with Gasteiger partial charge in [0.25, 0.3) is 5.91 Å². The minimum Gasteiger partial charge on any atom is -0.305 e. The van der Waals surface area contributed by atoms with Crippen molar-refractivity contribution in [1.82, 2.24) is 4.57 Å². The zero-order chi connectivity index (χ0) is 17.1. The molecule has 0 fully saturated rings. The fourth-order valence-electron chi connectivity index (χ4n) is 2.34. The normalized spacial score (nSPS) is 11.6. The summed E-state index contributed by atoms with van der Waals surface area (Å²) in [5.41, 5.74) is 1.31. The van der Waals surface area contributed by atoms with E-state index in [0.717, 1.165) is 10.4 Å². The Bertz CT molecular complexity index is 1030. The van der Waals surface area contributed by atoms with Crippen molar-refractivity contribution in [1.29, 1.82) is 0 Å². The molecular weight excluding hydrogens is 343 g/mol. The number of carbonyl (C=O) groups is 1. The van der Waals surface area contributed by atoms with Gasteiger partial charge in [-0.15, -0.1) is 18.2 Å². The Morgan fingerprint density at radius 3 is 2.92 bits per heavy atom. The molecular formula is C18H13FN2OS2. The van der Waals surface area contributed by atoms with Gasteiger partial charge in [0.1, 0.15) is 5.82 Å². The van der Waals surface area contributed by atoms with Crippen molar-refractivity contribution >= 4 is 39.2 Å². The van der Waals surface area contributed by atoms with Gasteiger partial charge in [0.2, 0.25) is 0 Å². The van der Waals surface area contributed by atoms with Crippen molar-refractivity contribution in [2.45, 2.75) is 11.4 Å². The van der Waals surface area contributed by atoms with Crippen LogP contribution < -0.4 is 4.80 Å². The summed E-state index contributed by atoms with van der Waals surface area (Å²) >= 11 is 2.74. The molecule has 0 bridgehead atoms. The van der Waals surface area contributed by atoms with Crippen LogP contribution in [0, 0.1) is 18.2 Å². The van der Waals surface area contributed by atoms with Crippen LogP contribution in [0.15, 0.2) is 52.4 Å². The Morgan fingerprint density at radius 2 is 2.17 bits per heavy atom. The first-order chi connectivity index (χ1) is 11.6. The number of rotatable bonds is 3. The number of hydrogen-bond acceptors (Lipinski definition) is 3. The second-order valence-electron chi connectivity index (χ2n) is 4.90. The molecule has 24 heavy (non-hydrogen) atoms. The van der Waals surface area contributed by atoms with E-state index in [1.807, 2.05) is 18.4 Å². The maximum absolute atomic E-state index is 13.4. The van der Waals surface area contributed by atoms with E-state index in [4.69, 9.17) is 6.42 Å². The molecule has 0 N–H and O–H groups in total. The predicted molar refractivity (Wildman–Crippen MR) is 96.7 cm³/mol. The largest absolute Gasteiger partial charge is 0.305 e. The maximum Gasteiger partial charge on any atom is 0.280 e. The number of terminal acetylenes is 1. The summed E-state index contributed by atoms with van der Waals surface area (Å²) in [5, 5.41) is 0. The number of amides is 1. The van der Waals surface area contributed by atoms with E-state index in [-0.39, 0.29) is 18.3 Å². The first-order valence-electron chi connectivity index (χ1n) is 7.08. The molecule has 3 nitrogen and oxygen atoms in total. The highest BCUT2D eigenvalue weighted by Crippen LogP contribution is 2.21. The topological polar surface area (TPSA) is 34.4 Å². The third-order valence-electron chi connectivity index (χ3n) is 3.43. The van der Waals surface area contributed by atoms with Crippen LogP contribution in [-0.4, -0.2) is 16.7 Å². The minimum absolute atomic E-state index is 0.266.